The largest absolute Gasteiger partial charge is 0.489 e. The average molecular weight is 487 g/mol. The maximum atomic E-state index is 12.9. The molecule has 9 heteroatoms. The van der Waals surface area contributed by atoms with Crippen LogP contribution in [0.25, 0.3) is 10.9 Å². The molecule has 0 spiro atoms. The summed E-state index contributed by atoms with van der Waals surface area (Å²) in [5.74, 6) is -0.772. The molecule has 2 fully saturated rings. The van der Waals surface area contributed by atoms with Gasteiger partial charge in [0.25, 0.3) is 5.91 Å². The lowest BCUT2D eigenvalue weighted by Gasteiger charge is -2.31. The van der Waals surface area contributed by atoms with E-state index in [1.54, 1.807) is 24.4 Å². The Labute approximate surface area is 207 Å². The van der Waals surface area contributed by atoms with Gasteiger partial charge in [-0.25, -0.2) is 0 Å². The lowest BCUT2D eigenvalue weighted by molar-refractivity contribution is -0.139. The predicted molar refractivity (Wildman–Crippen MR) is 130 cm³/mol. The zero-order valence-corrected chi connectivity index (χ0v) is 19.6. The second-order valence-corrected chi connectivity index (χ2v) is 9.55. The quantitative estimate of drug-likeness (QED) is 0.532. The van der Waals surface area contributed by atoms with E-state index in [0.717, 1.165) is 41.9 Å². The summed E-state index contributed by atoms with van der Waals surface area (Å²) in [6, 6.07) is 14.4. The second-order valence-electron chi connectivity index (χ2n) is 9.55. The van der Waals surface area contributed by atoms with E-state index in [9.17, 15) is 19.5 Å². The summed E-state index contributed by atoms with van der Waals surface area (Å²) in [6.45, 7) is 2.47. The number of nitrogens with one attached hydrogen (secondary N) is 1. The van der Waals surface area contributed by atoms with E-state index >= 15 is 0 Å². The van der Waals surface area contributed by atoms with Crippen LogP contribution in [-0.4, -0.2) is 62.8 Å². The fraction of sp³-hybridized carbons (Fsp3) is 0.333. The zero-order chi connectivity index (χ0) is 24.8. The average Bonchev–Trinajstić information content (AvgIpc) is 3.41. The Hall–Kier alpha value is -3.82. The van der Waals surface area contributed by atoms with Crippen molar-refractivity contribution in [1.82, 2.24) is 20.1 Å². The number of carbonyl (C=O) groups is 3. The lowest BCUT2D eigenvalue weighted by atomic mass is 10.0. The maximum absolute atomic E-state index is 12.9. The molecule has 3 amide bonds. The molecule has 0 saturated carbocycles. The van der Waals surface area contributed by atoms with Gasteiger partial charge in [-0.3, -0.25) is 34.5 Å². The Morgan fingerprint density at radius 3 is 2.83 bits per heavy atom. The fourth-order valence-corrected chi connectivity index (χ4v) is 5.46. The number of carbonyl (C=O) groups excluding carboxylic acids is 3. The monoisotopic (exact) mass is 486 g/mol. The van der Waals surface area contributed by atoms with Gasteiger partial charge in [0.2, 0.25) is 11.8 Å². The van der Waals surface area contributed by atoms with Gasteiger partial charge >= 0.3 is 0 Å². The van der Waals surface area contributed by atoms with Crippen molar-refractivity contribution < 1.29 is 24.2 Å². The SMILES string of the molecule is O=C1CCC(N2C(=O)c3ccc(O[C@@H]4CCN(Cc5cccc6ncccc56)C4)cc3C2O)C(=O)N1. The normalized spacial score (nSPS) is 24.3. The molecule has 36 heavy (non-hydrogen) atoms. The maximum Gasteiger partial charge on any atom is 0.257 e. The van der Waals surface area contributed by atoms with Crippen molar-refractivity contribution in [2.24, 2.45) is 0 Å². The van der Waals surface area contributed by atoms with Crippen molar-refractivity contribution in [2.45, 2.75) is 44.2 Å². The summed E-state index contributed by atoms with van der Waals surface area (Å²) < 4.78 is 6.24. The molecule has 4 heterocycles. The number of nitrogens with zero attached hydrogens (tertiary/aromatic N) is 3. The molecule has 3 aliphatic heterocycles. The van der Waals surface area contributed by atoms with Gasteiger partial charge in [-0.2, -0.15) is 0 Å². The second kappa shape index (κ2) is 9.00. The van der Waals surface area contributed by atoms with Crippen LogP contribution in [0.3, 0.4) is 0 Å². The van der Waals surface area contributed by atoms with Gasteiger partial charge in [0.15, 0.2) is 6.23 Å². The number of hydrogen-bond acceptors (Lipinski definition) is 7. The number of aliphatic hydroxyl groups excluding tert-OH is 1. The van der Waals surface area contributed by atoms with Crippen LogP contribution >= 0.6 is 0 Å². The summed E-state index contributed by atoms with van der Waals surface area (Å²) in [5.41, 5.74) is 2.98. The smallest absolute Gasteiger partial charge is 0.257 e. The van der Waals surface area contributed by atoms with Gasteiger partial charge in [-0.05, 0) is 48.7 Å². The van der Waals surface area contributed by atoms with Gasteiger partial charge in [0.1, 0.15) is 17.9 Å². The number of pyridine rings is 1. The number of hydrogen-bond donors (Lipinski definition) is 2. The van der Waals surface area contributed by atoms with E-state index in [-0.39, 0.29) is 24.9 Å². The molecule has 0 radical (unpaired) electrons. The van der Waals surface area contributed by atoms with E-state index in [4.69, 9.17) is 4.74 Å². The molecule has 9 nitrogen and oxygen atoms in total. The van der Waals surface area contributed by atoms with E-state index in [0.29, 0.717) is 16.9 Å². The standard InChI is InChI=1S/C27H26N4O5/c32-24-9-8-23(25(33)29-24)31-26(34)20-7-6-17(13-21(20)27(31)35)36-18-10-12-30(15-18)14-16-3-1-5-22-19(16)4-2-11-28-22/h1-7,11,13,18,23,27,35H,8-10,12,14-15H2,(H,29,32,33)/t18-,23?,27?/m1/s1. The summed E-state index contributed by atoms with van der Waals surface area (Å²) in [7, 11) is 0. The number of piperidine rings is 1. The van der Waals surface area contributed by atoms with Crippen LogP contribution in [0, 0.1) is 0 Å². The number of ether oxygens (including phenoxy) is 1. The van der Waals surface area contributed by atoms with Crippen molar-refractivity contribution in [3.8, 4) is 5.75 Å². The van der Waals surface area contributed by atoms with Crippen molar-refractivity contribution >= 4 is 28.6 Å². The highest BCUT2D eigenvalue weighted by molar-refractivity contribution is 6.05. The van der Waals surface area contributed by atoms with E-state index in [1.807, 2.05) is 18.2 Å². The topological polar surface area (TPSA) is 112 Å². The first-order chi connectivity index (χ1) is 17.5. The lowest BCUT2D eigenvalue weighted by Crippen LogP contribution is -2.53. The first-order valence-electron chi connectivity index (χ1n) is 12.2. The minimum Gasteiger partial charge on any atom is -0.489 e. The number of imide groups is 1. The molecule has 184 valence electrons. The highest BCUT2D eigenvalue weighted by atomic mass is 16.5. The number of benzene rings is 2. The summed E-state index contributed by atoms with van der Waals surface area (Å²) in [5, 5.41) is 14.3. The van der Waals surface area contributed by atoms with Crippen molar-refractivity contribution in [3.63, 3.8) is 0 Å². The Morgan fingerprint density at radius 1 is 1.08 bits per heavy atom. The number of rotatable bonds is 5. The first-order valence-corrected chi connectivity index (χ1v) is 12.2. The number of aliphatic hydroxyl groups is 1. The van der Waals surface area contributed by atoms with Gasteiger partial charge in [-0.1, -0.05) is 18.2 Å². The van der Waals surface area contributed by atoms with Gasteiger partial charge in [0, 0.05) is 48.8 Å². The highest BCUT2D eigenvalue weighted by Gasteiger charge is 2.44. The van der Waals surface area contributed by atoms with E-state index in [2.05, 4.69) is 27.3 Å². The predicted octanol–water partition coefficient (Wildman–Crippen LogP) is 2.14. The molecule has 2 saturated heterocycles. The number of aromatic nitrogens is 1. The molecule has 2 aromatic carbocycles. The third-order valence-electron chi connectivity index (χ3n) is 7.24. The molecule has 0 bridgehead atoms. The molecule has 3 aromatic rings. The molecule has 2 N–H and O–H groups in total. The summed E-state index contributed by atoms with van der Waals surface area (Å²) in [4.78, 5) is 44.7. The van der Waals surface area contributed by atoms with Crippen molar-refractivity contribution in [3.05, 3.63) is 71.4 Å². The molecule has 3 aliphatic rings. The van der Waals surface area contributed by atoms with Gasteiger partial charge in [0.05, 0.1) is 5.52 Å². The number of amides is 3. The van der Waals surface area contributed by atoms with Crippen LogP contribution < -0.4 is 10.1 Å². The molecular formula is C27H26N4O5. The minimum absolute atomic E-state index is 0.0170. The van der Waals surface area contributed by atoms with Crippen LogP contribution in [0.5, 0.6) is 5.75 Å². The molecule has 6 rings (SSSR count). The van der Waals surface area contributed by atoms with E-state index < -0.39 is 24.1 Å². The molecule has 2 unspecified atom stereocenters. The number of fused-ring (bicyclic) bond motifs is 2. The Morgan fingerprint density at radius 2 is 1.97 bits per heavy atom. The fourth-order valence-electron chi connectivity index (χ4n) is 5.46. The highest BCUT2D eigenvalue weighted by Crippen LogP contribution is 2.37. The van der Waals surface area contributed by atoms with Gasteiger partial charge < -0.3 is 9.84 Å². The summed E-state index contributed by atoms with van der Waals surface area (Å²) >= 11 is 0. The van der Waals surface area contributed by atoms with Crippen LogP contribution in [-0.2, 0) is 16.1 Å². The number of likely N-dealkylation sites (tertiary alicyclic amines) is 1. The minimum atomic E-state index is -1.26. The van der Waals surface area contributed by atoms with Crippen LogP contribution in [0.2, 0.25) is 0 Å². The van der Waals surface area contributed by atoms with E-state index in [1.165, 1.54) is 5.56 Å². The third-order valence-corrected chi connectivity index (χ3v) is 7.24. The zero-order valence-electron chi connectivity index (χ0n) is 19.6. The molecule has 3 atom stereocenters. The molecule has 1 aromatic heterocycles. The van der Waals surface area contributed by atoms with Crippen LogP contribution in [0.15, 0.2) is 54.7 Å². The third kappa shape index (κ3) is 4.00. The van der Waals surface area contributed by atoms with Crippen LogP contribution in [0.1, 0.15) is 47.0 Å². The van der Waals surface area contributed by atoms with Crippen molar-refractivity contribution in [1.29, 1.82) is 0 Å². The summed E-state index contributed by atoms with van der Waals surface area (Å²) in [6.07, 6.45) is 1.71. The Bertz CT molecular complexity index is 1370. The molecular weight excluding hydrogens is 460 g/mol. The molecule has 0 aliphatic carbocycles. The Balaban J connectivity index is 1.13. The van der Waals surface area contributed by atoms with Gasteiger partial charge in [-0.15, -0.1) is 0 Å². The van der Waals surface area contributed by atoms with Crippen molar-refractivity contribution in [2.75, 3.05) is 13.1 Å². The van der Waals surface area contributed by atoms with Crippen LogP contribution in [0.4, 0.5) is 0 Å². The Kier molecular flexibility index (Phi) is 5.66. The first kappa shape index (κ1) is 22.6.